The zero-order chi connectivity index (χ0) is 15.4. The summed E-state index contributed by atoms with van der Waals surface area (Å²) in [7, 11) is 0. The maximum absolute atomic E-state index is 13.2. The molecule has 6 heteroatoms. The van der Waals surface area contributed by atoms with Crippen molar-refractivity contribution in [1.82, 2.24) is 15.5 Å². The van der Waals surface area contributed by atoms with E-state index in [1.807, 2.05) is 13.8 Å². The molecule has 0 bridgehead atoms. The molecule has 2 aromatic rings. The Hall–Kier alpha value is -1.82. The van der Waals surface area contributed by atoms with Gasteiger partial charge in [-0.05, 0) is 32.0 Å². The van der Waals surface area contributed by atoms with Gasteiger partial charge in [-0.1, -0.05) is 19.0 Å². The number of aromatic nitrogens is 2. The second kappa shape index (κ2) is 6.76. The lowest BCUT2D eigenvalue weighted by Crippen LogP contribution is -2.31. The highest BCUT2D eigenvalue weighted by atomic mass is 19.1. The minimum Gasteiger partial charge on any atom is -0.339 e. The van der Waals surface area contributed by atoms with Crippen molar-refractivity contribution in [2.45, 2.75) is 39.2 Å². The fourth-order valence-corrected chi connectivity index (χ4v) is 1.98. The summed E-state index contributed by atoms with van der Waals surface area (Å²) < 4.78 is 31.6. The van der Waals surface area contributed by atoms with Gasteiger partial charge in [0, 0.05) is 17.7 Å². The Kier molecular flexibility index (Phi) is 5.01. The van der Waals surface area contributed by atoms with Crippen LogP contribution in [0.1, 0.15) is 39.0 Å². The van der Waals surface area contributed by atoms with Crippen LogP contribution < -0.4 is 5.32 Å². The van der Waals surface area contributed by atoms with Crippen molar-refractivity contribution < 1.29 is 13.3 Å². The van der Waals surface area contributed by atoms with E-state index in [-0.39, 0.29) is 23.3 Å². The van der Waals surface area contributed by atoms with Crippen LogP contribution in [0.4, 0.5) is 8.78 Å². The van der Waals surface area contributed by atoms with Crippen molar-refractivity contribution in [1.29, 1.82) is 0 Å². The van der Waals surface area contributed by atoms with E-state index in [0.29, 0.717) is 5.89 Å². The Morgan fingerprint density at radius 3 is 2.48 bits per heavy atom. The van der Waals surface area contributed by atoms with Crippen LogP contribution in [-0.4, -0.2) is 22.7 Å². The summed E-state index contributed by atoms with van der Waals surface area (Å²) in [5, 5.41) is 7.16. The Bertz CT molecular complexity index is 580. The SMILES string of the molecule is CCCNC(C)C(C)c1nc(-c2cc(F)cc(F)c2)no1. The van der Waals surface area contributed by atoms with E-state index in [0.717, 1.165) is 19.0 Å². The predicted molar refractivity (Wildman–Crippen MR) is 75.8 cm³/mol. The van der Waals surface area contributed by atoms with Gasteiger partial charge in [-0.2, -0.15) is 4.98 Å². The first-order valence-corrected chi connectivity index (χ1v) is 7.04. The van der Waals surface area contributed by atoms with Crippen LogP contribution in [0.5, 0.6) is 0 Å². The fraction of sp³-hybridized carbons (Fsp3) is 0.467. The molecule has 114 valence electrons. The molecule has 0 saturated heterocycles. The third kappa shape index (κ3) is 3.85. The molecule has 1 aromatic carbocycles. The van der Waals surface area contributed by atoms with Crippen LogP contribution in [0.15, 0.2) is 22.7 Å². The van der Waals surface area contributed by atoms with Crippen LogP contribution in [0.3, 0.4) is 0 Å². The third-order valence-electron chi connectivity index (χ3n) is 3.42. The first-order chi connectivity index (χ1) is 10.0. The highest BCUT2D eigenvalue weighted by molar-refractivity contribution is 5.54. The molecule has 0 aliphatic rings. The van der Waals surface area contributed by atoms with Gasteiger partial charge >= 0.3 is 0 Å². The summed E-state index contributed by atoms with van der Waals surface area (Å²) in [4.78, 5) is 4.24. The molecular formula is C15H19F2N3O. The largest absolute Gasteiger partial charge is 0.339 e. The van der Waals surface area contributed by atoms with Gasteiger partial charge in [-0.25, -0.2) is 8.78 Å². The van der Waals surface area contributed by atoms with E-state index in [2.05, 4.69) is 22.4 Å². The number of nitrogens with one attached hydrogen (secondary N) is 1. The molecule has 0 aliphatic heterocycles. The first kappa shape index (κ1) is 15.6. The van der Waals surface area contributed by atoms with Crippen molar-refractivity contribution in [3.63, 3.8) is 0 Å². The number of benzene rings is 1. The Morgan fingerprint density at radius 1 is 1.19 bits per heavy atom. The summed E-state index contributed by atoms with van der Waals surface area (Å²) in [6.45, 7) is 7.00. The molecule has 0 radical (unpaired) electrons. The van der Waals surface area contributed by atoms with Crippen molar-refractivity contribution in [3.8, 4) is 11.4 Å². The maximum Gasteiger partial charge on any atom is 0.231 e. The Labute approximate surface area is 122 Å². The monoisotopic (exact) mass is 295 g/mol. The van der Waals surface area contributed by atoms with E-state index in [9.17, 15) is 8.78 Å². The van der Waals surface area contributed by atoms with Gasteiger partial charge < -0.3 is 9.84 Å². The molecule has 2 unspecified atom stereocenters. The molecular weight excluding hydrogens is 276 g/mol. The standard InChI is InChI=1S/C15H19F2N3O/c1-4-5-18-10(3)9(2)15-19-14(20-21-15)11-6-12(16)8-13(17)7-11/h6-10,18H,4-5H2,1-3H3. The molecule has 2 rings (SSSR count). The second-order valence-corrected chi connectivity index (χ2v) is 5.15. The first-order valence-electron chi connectivity index (χ1n) is 7.04. The molecule has 0 saturated carbocycles. The predicted octanol–water partition coefficient (Wildman–Crippen LogP) is 3.51. The molecule has 0 fully saturated rings. The zero-order valence-electron chi connectivity index (χ0n) is 12.4. The van der Waals surface area contributed by atoms with E-state index >= 15 is 0 Å². The molecule has 1 heterocycles. The van der Waals surface area contributed by atoms with Gasteiger partial charge in [0.25, 0.3) is 0 Å². The van der Waals surface area contributed by atoms with E-state index < -0.39 is 11.6 Å². The van der Waals surface area contributed by atoms with Gasteiger partial charge in [-0.3, -0.25) is 0 Å². The minimum absolute atomic E-state index is 0.0104. The Balaban J connectivity index is 2.17. The third-order valence-corrected chi connectivity index (χ3v) is 3.42. The molecule has 0 amide bonds. The van der Waals surface area contributed by atoms with Crippen LogP contribution in [0, 0.1) is 11.6 Å². The number of nitrogens with zero attached hydrogens (tertiary/aromatic N) is 2. The summed E-state index contributed by atoms with van der Waals surface area (Å²) in [5.41, 5.74) is 0.267. The van der Waals surface area contributed by atoms with Gasteiger partial charge in [0.2, 0.25) is 11.7 Å². The van der Waals surface area contributed by atoms with Crippen LogP contribution >= 0.6 is 0 Å². The van der Waals surface area contributed by atoms with Crippen LogP contribution in [0.2, 0.25) is 0 Å². The molecule has 4 nitrogen and oxygen atoms in total. The van der Waals surface area contributed by atoms with Gasteiger partial charge in [0.05, 0.1) is 5.92 Å². The summed E-state index contributed by atoms with van der Waals surface area (Å²) in [6, 6.07) is 3.34. The van der Waals surface area contributed by atoms with Gasteiger partial charge in [0.1, 0.15) is 11.6 Å². The second-order valence-electron chi connectivity index (χ2n) is 5.15. The van der Waals surface area contributed by atoms with Gasteiger partial charge in [-0.15, -0.1) is 0 Å². The van der Waals surface area contributed by atoms with E-state index in [4.69, 9.17) is 4.52 Å². The zero-order valence-corrected chi connectivity index (χ0v) is 12.4. The van der Waals surface area contributed by atoms with Gasteiger partial charge in [0.15, 0.2) is 0 Å². The number of rotatable bonds is 6. The summed E-state index contributed by atoms with van der Waals surface area (Å²) in [6.07, 6.45) is 1.04. The number of halogens is 2. The van der Waals surface area contributed by atoms with Crippen LogP contribution in [-0.2, 0) is 0 Å². The lowest BCUT2D eigenvalue weighted by atomic mass is 10.0. The van der Waals surface area contributed by atoms with Crippen molar-refractivity contribution in [2.24, 2.45) is 0 Å². The summed E-state index contributed by atoms with van der Waals surface area (Å²) in [5.74, 6) is -0.676. The van der Waals surface area contributed by atoms with Crippen molar-refractivity contribution >= 4 is 0 Å². The fourth-order valence-electron chi connectivity index (χ4n) is 1.98. The average Bonchev–Trinajstić information content (AvgIpc) is 2.92. The lowest BCUT2D eigenvalue weighted by Gasteiger charge is -2.17. The lowest BCUT2D eigenvalue weighted by molar-refractivity contribution is 0.331. The normalized spacial score (nSPS) is 14.1. The highest BCUT2D eigenvalue weighted by Gasteiger charge is 2.21. The molecule has 21 heavy (non-hydrogen) atoms. The minimum atomic E-state index is -0.664. The smallest absolute Gasteiger partial charge is 0.231 e. The quantitative estimate of drug-likeness (QED) is 0.886. The Morgan fingerprint density at radius 2 is 1.86 bits per heavy atom. The molecule has 0 spiro atoms. The molecule has 2 atom stereocenters. The molecule has 1 aromatic heterocycles. The summed E-state index contributed by atoms with van der Waals surface area (Å²) >= 11 is 0. The number of hydrogen-bond acceptors (Lipinski definition) is 4. The van der Waals surface area contributed by atoms with E-state index in [1.54, 1.807) is 0 Å². The van der Waals surface area contributed by atoms with Crippen LogP contribution in [0.25, 0.3) is 11.4 Å². The van der Waals surface area contributed by atoms with E-state index in [1.165, 1.54) is 12.1 Å². The maximum atomic E-state index is 13.2. The molecule has 0 aliphatic carbocycles. The number of hydrogen-bond donors (Lipinski definition) is 1. The van der Waals surface area contributed by atoms with Crippen molar-refractivity contribution in [2.75, 3.05) is 6.54 Å². The molecule has 1 N–H and O–H groups in total. The average molecular weight is 295 g/mol. The highest BCUT2D eigenvalue weighted by Crippen LogP contribution is 2.23. The topological polar surface area (TPSA) is 51.0 Å². The van der Waals surface area contributed by atoms with Crippen molar-refractivity contribution in [3.05, 3.63) is 35.7 Å².